The molecule has 0 heterocycles. The summed E-state index contributed by atoms with van der Waals surface area (Å²) in [5.41, 5.74) is 0. The van der Waals surface area contributed by atoms with E-state index in [9.17, 15) is 0 Å². The molecule has 0 amide bonds. The van der Waals surface area contributed by atoms with Gasteiger partial charge in [-0.25, -0.2) is 0 Å². The van der Waals surface area contributed by atoms with Crippen molar-refractivity contribution in [2.75, 3.05) is 0 Å². The Morgan fingerprint density at radius 2 is 1.80 bits per heavy atom. The average molecular weight is 158 g/mol. The number of hydrogen-bond donors (Lipinski definition) is 0. The maximum atomic E-state index is 2.35. The lowest BCUT2D eigenvalue weighted by Crippen LogP contribution is -2.19. The van der Waals surface area contributed by atoms with E-state index in [1.807, 2.05) is 0 Å². The largest absolute Gasteiger partial charge is 0.155 e. The molecule has 10 heavy (non-hydrogen) atoms. The van der Waals surface area contributed by atoms with Gasteiger partial charge in [-0.1, -0.05) is 27.2 Å². The van der Waals surface area contributed by atoms with Crippen LogP contribution in [0.25, 0.3) is 0 Å². The van der Waals surface area contributed by atoms with Crippen LogP contribution in [-0.2, 0) is 0 Å². The van der Waals surface area contributed by atoms with Crippen molar-refractivity contribution in [2.45, 2.75) is 50.5 Å². The van der Waals surface area contributed by atoms with Crippen LogP contribution in [0.4, 0.5) is 0 Å². The van der Waals surface area contributed by atoms with Crippen molar-refractivity contribution in [3.05, 3.63) is 0 Å². The van der Waals surface area contributed by atoms with Crippen LogP contribution in [0.3, 0.4) is 0 Å². The minimum Gasteiger partial charge on any atom is -0.155 e. The van der Waals surface area contributed by atoms with E-state index < -0.39 is 0 Å². The highest BCUT2D eigenvalue weighted by Gasteiger charge is 2.21. The highest BCUT2D eigenvalue weighted by Crippen LogP contribution is 2.35. The van der Waals surface area contributed by atoms with E-state index in [1.165, 1.54) is 19.3 Å². The van der Waals surface area contributed by atoms with E-state index in [2.05, 4.69) is 32.5 Å². The molecule has 0 aromatic rings. The van der Waals surface area contributed by atoms with Gasteiger partial charge in [0.2, 0.25) is 0 Å². The van der Waals surface area contributed by atoms with Crippen LogP contribution < -0.4 is 0 Å². The van der Waals surface area contributed by atoms with E-state index in [0.29, 0.717) is 0 Å². The molecule has 1 heteroatoms. The van der Waals surface area contributed by atoms with E-state index in [0.717, 1.165) is 16.4 Å². The Labute approximate surface area is 68.8 Å². The maximum Gasteiger partial charge on any atom is 0.00498 e. The van der Waals surface area contributed by atoms with Crippen LogP contribution in [-0.4, -0.2) is 10.5 Å². The third-order valence-electron chi connectivity index (χ3n) is 2.40. The molecule has 1 unspecified atom stereocenters. The number of thioether (sulfide) groups is 1. The van der Waals surface area contributed by atoms with Gasteiger partial charge in [-0.05, 0) is 18.8 Å². The average Bonchev–Trinajstić information content (AvgIpc) is 1.77. The third kappa shape index (κ3) is 2.19. The Hall–Kier alpha value is 0.350. The molecular formula is C9H18S. The molecular weight excluding hydrogens is 140 g/mol. The minimum atomic E-state index is 0.852. The van der Waals surface area contributed by atoms with Crippen molar-refractivity contribution in [3.63, 3.8) is 0 Å². The monoisotopic (exact) mass is 158 g/mol. The zero-order valence-electron chi connectivity index (χ0n) is 7.26. The van der Waals surface area contributed by atoms with Crippen LogP contribution in [0.2, 0.25) is 0 Å². The summed E-state index contributed by atoms with van der Waals surface area (Å²) in [6.07, 6.45) is 4.42. The molecule has 1 saturated carbocycles. The predicted octanol–water partition coefficient (Wildman–Crippen LogP) is 3.32. The van der Waals surface area contributed by atoms with Gasteiger partial charge in [-0.2, -0.15) is 11.8 Å². The smallest absolute Gasteiger partial charge is 0.00498 e. The summed E-state index contributed by atoms with van der Waals surface area (Å²) in [6, 6.07) is 0. The van der Waals surface area contributed by atoms with E-state index in [-0.39, 0.29) is 0 Å². The fourth-order valence-corrected chi connectivity index (χ4v) is 2.49. The molecule has 0 aromatic heterocycles. The molecule has 1 aliphatic carbocycles. The van der Waals surface area contributed by atoms with Crippen molar-refractivity contribution >= 4 is 11.8 Å². The summed E-state index contributed by atoms with van der Waals surface area (Å²) < 4.78 is 0. The molecule has 1 atom stereocenters. The predicted molar refractivity (Wildman–Crippen MR) is 49.5 cm³/mol. The maximum absolute atomic E-state index is 2.35. The fraction of sp³-hybridized carbons (Fsp3) is 1.00. The normalized spacial score (nSPS) is 22.8. The Balaban J connectivity index is 2.10. The summed E-state index contributed by atoms with van der Waals surface area (Å²) in [6.45, 7) is 6.99. The molecule has 0 aromatic carbocycles. The lowest BCUT2D eigenvalue weighted by Gasteiger charge is -2.29. The van der Waals surface area contributed by atoms with Gasteiger partial charge in [0.25, 0.3) is 0 Å². The summed E-state index contributed by atoms with van der Waals surface area (Å²) in [4.78, 5) is 0. The van der Waals surface area contributed by atoms with Crippen molar-refractivity contribution in [3.8, 4) is 0 Å². The molecule has 0 saturated heterocycles. The number of hydrogen-bond acceptors (Lipinski definition) is 1. The van der Waals surface area contributed by atoms with Gasteiger partial charge in [-0.15, -0.1) is 0 Å². The van der Waals surface area contributed by atoms with Gasteiger partial charge >= 0.3 is 0 Å². The van der Waals surface area contributed by atoms with Crippen molar-refractivity contribution in [1.82, 2.24) is 0 Å². The molecule has 1 aliphatic rings. The Kier molecular flexibility index (Phi) is 3.09. The third-order valence-corrected chi connectivity index (χ3v) is 4.23. The molecule has 0 N–H and O–H groups in total. The first-order valence-electron chi connectivity index (χ1n) is 4.35. The summed E-state index contributed by atoms with van der Waals surface area (Å²) in [5, 5.41) is 1.88. The standard InChI is InChI=1S/C9H18S/c1-7(2)8(3)10-9-5-4-6-9/h7-9H,4-6H2,1-3H3. The molecule has 0 nitrogen and oxygen atoms in total. The van der Waals surface area contributed by atoms with Gasteiger partial charge in [0.1, 0.15) is 0 Å². The van der Waals surface area contributed by atoms with Crippen LogP contribution in [0, 0.1) is 5.92 Å². The van der Waals surface area contributed by atoms with Gasteiger partial charge in [0, 0.05) is 10.5 Å². The van der Waals surface area contributed by atoms with Crippen molar-refractivity contribution < 1.29 is 0 Å². The minimum absolute atomic E-state index is 0.852. The van der Waals surface area contributed by atoms with Crippen LogP contribution in [0.1, 0.15) is 40.0 Å². The molecule has 0 radical (unpaired) electrons. The summed E-state index contributed by atoms with van der Waals surface area (Å²) >= 11 is 2.19. The molecule has 0 bridgehead atoms. The van der Waals surface area contributed by atoms with Gasteiger partial charge < -0.3 is 0 Å². The van der Waals surface area contributed by atoms with E-state index in [4.69, 9.17) is 0 Å². The second-order valence-corrected chi connectivity index (χ2v) is 5.32. The van der Waals surface area contributed by atoms with Crippen LogP contribution in [0.15, 0.2) is 0 Å². The second kappa shape index (κ2) is 3.66. The van der Waals surface area contributed by atoms with Crippen LogP contribution >= 0.6 is 11.8 Å². The van der Waals surface area contributed by atoms with Crippen molar-refractivity contribution in [1.29, 1.82) is 0 Å². The summed E-state index contributed by atoms with van der Waals surface area (Å²) in [5.74, 6) is 0.852. The summed E-state index contributed by atoms with van der Waals surface area (Å²) in [7, 11) is 0. The number of rotatable bonds is 3. The molecule has 1 rings (SSSR count). The topological polar surface area (TPSA) is 0 Å². The van der Waals surface area contributed by atoms with Gasteiger partial charge in [-0.3, -0.25) is 0 Å². The Morgan fingerprint density at radius 3 is 2.10 bits per heavy atom. The highest BCUT2D eigenvalue weighted by atomic mass is 32.2. The zero-order chi connectivity index (χ0) is 7.56. The zero-order valence-corrected chi connectivity index (χ0v) is 8.08. The lowest BCUT2D eigenvalue weighted by molar-refractivity contribution is 0.515. The van der Waals surface area contributed by atoms with E-state index >= 15 is 0 Å². The van der Waals surface area contributed by atoms with E-state index in [1.54, 1.807) is 0 Å². The Bertz CT molecular complexity index is 94.9. The first kappa shape index (κ1) is 8.45. The molecule has 1 fully saturated rings. The molecule has 0 aliphatic heterocycles. The molecule has 0 spiro atoms. The quantitative estimate of drug-likeness (QED) is 0.607. The Morgan fingerprint density at radius 1 is 1.20 bits per heavy atom. The molecule has 60 valence electrons. The first-order chi connectivity index (χ1) is 4.70. The first-order valence-corrected chi connectivity index (χ1v) is 5.30. The van der Waals surface area contributed by atoms with Gasteiger partial charge in [0.05, 0.1) is 0 Å². The second-order valence-electron chi connectivity index (χ2n) is 3.64. The van der Waals surface area contributed by atoms with Crippen LogP contribution in [0.5, 0.6) is 0 Å². The lowest BCUT2D eigenvalue weighted by atomic mass is 10.00. The fourth-order valence-electron chi connectivity index (χ4n) is 0.968. The van der Waals surface area contributed by atoms with Crippen molar-refractivity contribution in [2.24, 2.45) is 5.92 Å². The highest BCUT2D eigenvalue weighted by molar-refractivity contribution is 8.00. The van der Waals surface area contributed by atoms with Gasteiger partial charge in [0.15, 0.2) is 0 Å². The SMILES string of the molecule is CC(C)C(C)SC1CCC1.